The molecule has 1 aromatic carbocycles. The lowest BCUT2D eigenvalue weighted by Crippen LogP contribution is -2.44. The van der Waals surface area contributed by atoms with Crippen LogP contribution in [0.2, 0.25) is 0 Å². The number of benzene rings is 1. The van der Waals surface area contributed by atoms with Gasteiger partial charge in [-0.3, -0.25) is 4.79 Å². The smallest absolute Gasteiger partial charge is 0.224 e. The third-order valence-electron chi connectivity index (χ3n) is 4.64. The van der Waals surface area contributed by atoms with Crippen molar-refractivity contribution in [3.05, 3.63) is 35.4 Å². The number of aryl methyl sites for hydroxylation is 1. The third-order valence-corrected chi connectivity index (χ3v) is 4.64. The highest BCUT2D eigenvalue weighted by molar-refractivity contribution is 5.81. The molecule has 1 atom stereocenters. The molecule has 1 amide bonds. The Balaban J connectivity index is 1.81. The van der Waals surface area contributed by atoms with Crippen LogP contribution in [0, 0.1) is 6.92 Å². The summed E-state index contributed by atoms with van der Waals surface area (Å²) >= 11 is 0. The third kappa shape index (κ3) is 6.40. The van der Waals surface area contributed by atoms with E-state index in [2.05, 4.69) is 53.7 Å². The SMILES string of the molecule is CCNC(=NCc1ccc(C)cc1)NCCC(=O)N1CCCCC1C. The summed E-state index contributed by atoms with van der Waals surface area (Å²) in [5, 5.41) is 6.52. The van der Waals surface area contributed by atoms with Gasteiger partial charge in [-0.2, -0.15) is 0 Å². The van der Waals surface area contributed by atoms with Crippen molar-refractivity contribution in [1.82, 2.24) is 15.5 Å². The van der Waals surface area contributed by atoms with Gasteiger partial charge in [-0.05, 0) is 45.6 Å². The number of likely N-dealkylation sites (tertiary alicyclic amines) is 1. The van der Waals surface area contributed by atoms with E-state index >= 15 is 0 Å². The van der Waals surface area contributed by atoms with E-state index in [1.165, 1.54) is 17.5 Å². The molecule has 0 spiro atoms. The first-order chi connectivity index (χ1) is 12.1. The molecule has 1 aliphatic heterocycles. The van der Waals surface area contributed by atoms with E-state index in [4.69, 9.17) is 0 Å². The summed E-state index contributed by atoms with van der Waals surface area (Å²) in [6.07, 6.45) is 4.00. The predicted octanol–water partition coefficient (Wildman–Crippen LogP) is 2.84. The van der Waals surface area contributed by atoms with Crippen LogP contribution in [0.15, 0.2) is 29.3 Å². The molecule has 138 valence electrons. The molecule has 2 N–H and O–H groups in total. The molecular formula is C20H32N4O. The van der Waals surface area contributed by atoms with E-state index in [9.17, 15) is 4.79 Å². The minimum Gasteiger partial charge on any atom is -0.357 e. The number of carbonyl (C=O) groups is 1. The zero-order chi connectivity index (χ0) is 18.1. The summed E-state index contributed by atoms with van der Waals surface area (Å²) in [5.41, 5.74) is 2.43. The number of carbonyl (C=O) groups excluding carboxylic acids is 1. The number of hydrogen-bond donors (Lipinski definition) is 2. The van der Waals surface area contributed by atoms with Crippen molar-refractivity contribution in [2.24, 2.45) is 4.99 Å². The van der Waals surface area contributed by atoms with Crippen molar-refractivity contribution in [3.63, 3.8) is 0 Å². The van der Waals surface area contributed by atoms with Gasteiger partial charge < -0.3 is 15.5 Å². The van der Waals surface area contributed by atoms with Crippen molar-refractivity contribution >= 4 is 11.9 Å². The summed E-state index contributed by atoms with van der Waals surface area (Å²) in [6.45, 7) is 9.23. The second kappa shape index (κ2) is 10.1. The molecule has 1 saturated heterocycles. The summed E-state index contributed by atoms with van der Waals surface area (Å²) in [4.78, 5) is 19.0. The summed E-state index contributed by atoms with van der Waals surface area (Å²) in [5.74, 6) is 1.01. The first kappa shape index (κ1) is 19.3. The van der Waals surface area contributed by atoms with E-state index in [-0.39, 0.29) is 5.91 Å². The normalized spacial score (nSPS) is 18.1. The fourth-order valence-electron chi connectivity index (χ4n) is 3.11. The van der Waals surface area contributed by atoms with Crippen molar-refractivity contribution in [3.8, 4) is 0 Å². The number of nitrogens with one attached hydrogen (secondary N) is 2. The van der Waals surface area contributed by atoms with Crippen LogP contribution in [-0.4, -0.2) is 42.4 Å². The Hall–Kier alpha value is -2.04. The van der Waals surface area contributed by atoms with Crippen molar-refractivity contribution in [2.45, 2.75) is 59.0 Å². The number of amides is 1. The first-order valence-electron chi connectivity index (χ1n) is 9.47. The van der Waals surface area contributed by atoms with Gasteiger partial charge in [-0.1, -0.05) is 29.8 Å². The second-order valence-corrected chi connectivity index (χ2v) is 6.79. The summed E-state index contributed by atoms with van der Waals surface area (Å²) in [6, 6.07) is 8.78. The van der Waals surface area contributed by atoms with Gasteiger partial charge in [0, 0.05) is 32.1 Å². The lowest BCUT2D eigenvalue weighted by molar-refractivity contribution is -0.134. The van der Waals surface area contributed by atoms with Crippen LogP contribution in [0.4, 0.5) is 0 Å². The van der Waals surface area contributed by atoms with Crippen LogP contribution in [-0.2, 0) is 11.3 Å². The van der Waals surface area contributed by atoms with Crippen LogP contribution in [0.25, 0.3) is 0 Å². The topological polar surface area (TPSA) is 56.7 Å². The molecule has 0 saturated carbocycles. The van der Waals surface area contributed by atoms with Crippen molar-refractivity contribution < 1.29 is 4.79 Å². The van der Waals surface area contributed by atoms with Crippen molar-refractivity contribution in [1.29, 1.82) is 0 Å². The Labute approximate surface area is 151 Å². The molecule has 1 unspecified atom stereocenters. The number of hydrogen-bond acceptors (Lipinski definition) is 2. The average molecular weight is 345 g/mol. The van der Waals surface area contributed by atoms with Gasteiger partial charge in [-0.25, -0.2) is 4.99 Å². The van der Waals surface area contributed by atoms with E-state index in [1.807, 2.05) is 11.8 Å². The fraction of sp³-hybridized carbons (Fsp3) is 0.600. The monoisotopic (exact) mass is 344 g/mol. The van der Waals surface area contributed by atoms with Crippen LogP contribution < -0.4 is 10.6 Å². The molecule has 1 aromatic rings. The molecule has 25 heavy (non-hydrogen) atoms. The van der Waals surface area contributed by atoms with Gasteiger partial charge in [0.15, 0.2) is 5.96 Å². The van der Waals surface area contributed by atoms with E-state index < -0.39 is 0 Å². The molecule has 2 rings (SSSR count). The maximum Gasteiger partial charge on any atom is 0.224 e. The molecule has 5 nitrogen and oxygen atoms in total. The van der Waals surface area contributed by atoms with Crippen LogP contribution in [0.5, 0.6) is 0 Å². The lowest BCUT2D eigenvalue weighted by Gasteiger charge is -2.33. The maximum atomic E-state index is 12.4. The first-order valence-corrected chi connectivity index (χ1v) is 9.47. The summed E-state index contributed by atoms with van der Waals surface area (Å²) < 4.78 is 0. The molecule has 5 heteroatoms. The zero-order valence-electron chi connectivity index (χ0n) is 15.8. The zero-order valence-corrected chi connectivity index (χ0v) is 15.8. The Kier molecular flexibility index (Phi) is 7.76. The van der Waals surface area contributed by atoms with Crippen molar-refractivity contribution in [2.75, 3.05) is 19.6 Å². The van der Waals surface area contributed by atoms with Gasteiger partial charge in [0.05, 0.1) is 6.54 Å². The Morgan fingerprint density at radius 3 is 2.68 bits per heavy atom. The van der Waals surface area contributed by atoms with Crippen LogP contribution in [0.3, 0.4) is 0 Å². The van der Waals surface area contributed by atoms with Crippen LogP contribution in [0.1, 0.15) is 50.7 Å². The molecule has 1 fully saturated rings. The number of nitrogens with zero attached hydrogens (tertiary/aromatic N) is 2. The standard InChI is InChI=1S/C20H32N4O/c1-4-21-20(23-15-18-10-8-16(2)9-11-18)22-13-12-19(25)24-14-6-5-7-17(24)3/h8-11,17H,4-7,12-15H2,1-3H3,(H2,21,22,23). The number of aliphatic imine (C=N–C) groups is 1. The van der Waals surface area contributed by atoms with E-state index in [0.717, 1.165) is 31.9 Å². The van der Waals surface area contributed by atoms with Gasteiger partial charge in [0.1, 0.15) is 0 Å². The lowest BCUT2D eigenvalue weighted by atomic mass is 10.0. The number of guanidine groups is 1. The Bertz CT molecular complexity index is 568. The fourth-order valence-corrected chi connectivity index (χ4v) is 3.11. The quantitative estimate of drug-likeness (QED) is 0.616. The highest BCUT2D eigenvalue weighted by atomic mass is 16.2. The number of piperidine rings is 1. The molecule has 1 aliphatic rings. The van der Waals surface area contributed by atoms with E-state index in [0.29, 0.717) is 25.6 Å². The van der Waals surface area contributed by atoms with Gasteiger partial charge in [0.25, 0.3) is 0 Å². The minimum absolute atomic E-state index is 0.245. The van der Waals surface area contributed by atoms with Gasteiger partial charge >= 0.3 is 0 Å². The Morgan fingerprint density at radius 1 is 1.24 bits per heavy atom. The minimum atomic E-state index is 0.245. The maximum absolute atomic E-state index is 12.4. The molecule has 1 heterocycles. The largest absolute Gasteiger partial charge is 0.357 e. The van der Waals surface area contributed by atoms with E-state index in [1.54, 1.807) is 0 Å². The second-order valence-electron chi connectivity index (χ2n) is 6.79. The average Bonchev–Trinajstić information content (AvgIpc) is 2.61. The van der Waals surface area contributed by atoms with Gasteiger partial charge in [-0.15, -0.1) is 0 Å². The summed E-state index contributed by atoms with van der Waals surface area (Å²) in [7, 11) is 0. The molecule has 0 radical (unpaired) electrons. The molecular weight excluding hydrogens is 312 g/mol. The molecule has 0 bridgehead atoms. The predicted molar refractivity (Wildman–Crippen MR) is 104 cm³/mol. The molecule has 0 aromatic heterocycles. The number of rotatable bonds is 6. The van der Waals surface area contributed by atoms with Crippen LogP contribution >= 0.6 is 0 Å². The Morgan fingerprint density at radius 2 is 2.00 bits per heavy atom. The highest BCUT2D eigenvalue weighted by Gasteiger charge is 2.22. The molecule has 0 aliphatic carbocycles. The highest BCUT2D eigenvalue weighted by Crippen LogP contribution is 2.16. The van der Waals surface area contributed by atoms with Gasteiger partial charge in [0.2, 0.25) is 5.91 Å².